The van der Waals surface area contributed by atoms with Crippen LogP contribution in [0.3, 0.4) is 0 Å². The number of amides is 2. The molecule has 15 heavy (non-hydrogen) atoms. The summed E-state index contributed by atoms with van der Waals surface area (Å²) in [5.41, 5.74) is -0.558. The summed E-state index contributed by atoms with van der Waals surface area (Å²) < 4.78 is 0. The van der Waals surface area contributed by atoms with Crippen LogP contribution in [0.4, 0.5) is 0 Å². The maximum absolute atomic E-state index is 12.1. The second-order valence-electron chi connectivity index (χ2n) is 5.81. The van der Waals surface area contributed by atoms with Gasteiger partial charge < -0.3 is 10.2 Å². The van der Waals surface area contributed by atoms with Gasteiger partial charge in [0.05, 0.1) is 6.54 Å². The molecule has 0 aromatic heterocycles. The Morgan fingerprint density at radius 3 is 2.27 bits per heavy atom. The van der Waals surface area contributed by atoms with Crippen LogP contribution in [0.1, 0.15) is 34.1 Å². The number of carbonyl (C=O) groups excluding carboxylic acids is 2. The molecule has 2 amide bonds. The summed E-state index contributed by atoms with van der Waals surface area (Å²) in [6, 6.07) is 0.246. The van der Waals surface area contributed by atoms with Crippen LogP contribution < -0.4 is 5.32 Å². The van der Waals surface area contributed by atoms with Crippen molar-refractivity contribution in [3.63, 3.8) is 0 Å². The number of rotatable bonds is 1. The van der Waals surface area contributed by atoms with E-state index in [2.05, 4.69) is 19.2 Å². The van der Waals surface area contributed by atoms with Gasteiger partial charge in [0.2, 0.25) is 11.8 Å². The van der Waals surface area contributed by atoms with Crippen molar-refractivity contribution in [1.29, 1.82) is 0 Å². The average Bonchev–Trinajstić information content (AvgIpc) is 2.67. The highest BCUT2D eigenvalue weighted by Gasteiger charge is 2.54. The van der Waals surface area contributed by atoms with Crippen LogP contribution in [0.25, 0.3) is 0 Å². The Kier molecular flexibility index (Phi) is 1.91. The van der Waals surface area contributed by atoms with Gasteiger partial charge >= 0.3 is 0 Å². The van der Waals surface area contributed by atoms with Gasteiger partial charge in [-0.15, -0.1) is 0 Å². The third-order valence-corrected chi connectivity index (χ3v) is 3.40. The Hall–Kier alpha value is -1.06. The van der Waals surface area contributed by atoms with E-state index in [4.69, 9.17) is 0 Å². The van der Waals surface area contributed by atoms with Gasteiger partial charge in [0, 0.05) is 6.04 Å². The van der Waals surface area contributed by atoms with E-state index >= 15 is 0 Å². The smallest absolute Gasteiger partial charge is 0.248 e. The van der Waals surface area contributed by atoms with Gasteiger partial charge in [0.25, 0.3) is 0 Å². The van der Waals surface area contributed by atoms with E-state index in [-0.39, 0.29) is 29.8 Å². The van der Waals surface area contributed by atoms with Gasteiger partial charge in [0.1, 0.15) is 5.54 Å². The fourth-order valence-electron chi connectivity index (χ4n) is 2.25. The van der Waals surface area contributed by atoms with Crippen LogP contribution in [-0.4, -0.2) is 34.8 Å². The predicted molar refractivity (Wildman–Crippen MR) is 56.1 cm³/mol. The minimum Gasteiger partial charge on any atom is -0.341 e. The number of hydrogen-bond acceptors (Lipinski definition) is 2. The highest BCUT2D eigenvalue weighted by Crippen LogP contribution is 2.49. The topological polar surface area (TPSA) is 49.4 Å². The van der Waals surface area contributed by atoms with Gasteiger partial charge in [-0.1, -0.05) is 13.8 Å². The SMILES string of the molecule is CC1(C)NC(=O)CN(C2CC2(C)C)C1=O. The Labute approximate surface area is 90.0 Å². The summed E-state index contributed by atoms with van der Waals surface area (Å²) in [6.07, 6.45) is 1.00. The fourth-order valence-corrected chi connectivity index (χ4v) is 2.25. The predicted octanol–water partition coefficient (Wildman–Crippen LogP) is 0.522. The summed E-state index contributed by atoms with van der Waals surface area (Å²) in [5.74, 6) is -0.0139. The maximum atomic E-state index is 12.1. The molecule has 1 heterocycles. The molecule has 1 unspecified atom stereocenters. The zero-order valence-corrected chi connectivity index (χ0v) is 9.76. The third-order valence-electron chi connectivity index (χ3n) is 3.40. The summed E-state index contributed by atoms with van der Waals surface area (Å²) in [6.45, 7) is 7.99. The van der Waals surface area contributed by atoms with E-state index in [1.165, 1.54) is 0 Å². The summed E-state index contributed by atoms with van der Waals surface area (Å²) >= 11 is 0. The van der Waals surface area contributed by atoms with Gasteiger partial charge in [-0.3, -0.25) is 9.59 Å². The van der Waals surface area contributed by atoms with E-state index in [1.54, 1.807) is 18.7 Å². The van der Waals surface area contributed by atoms with Crippen molar-refractivity contribution in [2.24, 2.45) is 5.41 Å². The monoisotopic (exact) mass is 210 g/mol. The minimum absolute atomic E-state index is 0.0395. The summed E-state index contributed by atoms with van der Waals surface area (Å²) in [4.78, 5) is 25.3. The Bertz CT molecular complexity index is 333. The highest BCUT2D eigenvalue weighted by molar-refractivity contribution is 5.97. The molecule has 1 aliphatic heterocycles. The number of piperazine rings is 1. The highest BCUT2D eigenvalue weighted by atomic mass is 16.2. The zero-order chi connectivity index (χ0) is 11.4. The van der Waals surface area contributed by atoms with Crippen LogP contribution in [0.2, 0.25) is 0 Å². The maximum Gasteiger partial charge on any atom is 0.248 e. The van der Waals surface area contributed by atoms with E-state index in [0.717, 1.165) is 6.42 Å². The van der Waals surface area contributed by atoms with Crippen LogP contribution in [0, 0.1) is 5.41 Å². The largest absolute Gasteiger partial charge is 0.341 e. The molecule has 1 aliphatic carbocycles. The number of hydrogen-bond donors (Lipinski definition) is 1. The van der Waals surface area contributed by atoms with Gasteiger partial charge in [-0.05, 0) is 25.7 Å². The standard InChI is InChI=1S/C11H18N2O2/c1-10(2)5-7(10)13-6-8(14)12-11(3,4)9(13)15/h7H,5-6H2,1-4H3,(H,12,14). The molecular formula is C11H18N2O2. The molecule has 84 valence electrons. The molecule has 2 aliphatic rings. The number of nitrogens with one attached hydrogen (secondary N) is 1. The third kappa shape index (κ3) is 1.62. The first-order chi connectivity index (χ1) is 6.74. The van der Waals surface area contributed by atoms with Crippen LogP contribution in [0.15, 0.2) is 0 Å². The molecule has 0 radical (unpaired) electrons. The molecule has 1 N–H and O–H groups in total. The second kappa shape index (κ2) is 2.74. The van der Waals surface area contributed by atoms with Gasteiger partial charge in [-0.25, -0.2) is 0 Å². The molecule has 4 heteroatoms. The van der Waals surface area contributed by atoms with Crippen molar-refractivity contribution < 1.29 is 9.59 Å². The number of nitrogens with zero attached hydrogens (tertiary/aromatic N) is 1. The minimum atomic E-state index is -0.742. The molecular weight excluding hydrogens is 192 g/mol. The molecule has 1 saturated heterocycles. The molecule has 0 spiro atoms. The van der Waals surface area contributed by atoms with Crippen molar-refractivity contribution in [1.82, 2.24) is 10.2 Å². The molecule has 1 saturated carbocycles. The van der Waals surface area contributed by atoms with Crippen molar-refractivity contribution in [2.45, 2.75) is 45.7 Å². The summed E-state index contributed by atoms with van der Waals surface area (Å²) in [5, 5.41) is 2.72. The molecule has 1 atom stereocenters. The Morgan fingerprint density at radius 2 is 1.80 bits per heavy atom. The number of carbonyl (C=O) groups is 2. The van der Waals surface area contributed by atoms with Crippen LogP contribution in [0.5, 0.6) is 0 Å². The lowest BCUT2D eigenvalue weighted by Crippen LogP contribution is -2.64. The van der Waals surface area contributed by atoms with E-state index in [0.29, 0.717) is 0 Å². The quantitative estimate of drug-likeness (QED) is 0.686. The van der Waals surface area contributed by atoms with Crippen LogP contribution >= 0.6 is 0 Å². The lowest BCUT2D eigenvalue weighted by molar-refractivity contribution is -0.149. The normalized spacial score (nSPS) is 32.5. The molecule has 2 fully saturated rings. The summed E-state index contributed by atoms with van der Waals surface area (Å²) in [7, 11) is 0. The Morgan fingerprint density at radius 1 is 1.27 bits per heavy atom. The van der Waals surface area contributed by atoms with E-state index in [1.807, 2.05) is 0 Å². The van der Waals surface area contributed by atoms with Crippen molar-refractivity contribution in [3.05, 3.63) is 0 Å². The van der Waals surface area contributed by atoms with Crippen molar-refractivity contribution >= 4 is 11.8 Å². The van der Waals surface area contributed by atoms with E-state index < -0.39 is 5.54 Å². The average molecular weight is 210 g/mol. The first-order valence-electron chi connectivity index (χ1n) is 5.36. The zero-order valence-electron chi connectivity index (χ0n) is 9.76. The van der Waals surface area contributed by atoms with Crippen LogP contribution in [-0.2, 0) is 9.59 Å². The van der Waals surface area contributed by atoms with E-state index in [9.17, 15) is 9.59 Å². The van der Waals surface area contributed by atoms with Gasteiger partial charge in [-0.2, -0.15) is 0 Å². The molecule has 0 aromatic carbocycles. The van der Waals surface area contributed by atoms with Gasteiger partial charge in [0.15, 0.2) is 0 Å². The van der Waals surface area contributed by atoms with Crippen molar-refractivity contribution in [2.75, 3.05) is 6.54 Å². The lowest BCUT2D eigenvalue weighted by atomic mass is 9.99. The lowest BCUT2D eigenvalue weighted by Gasteiger charge is -2.38. The molecule has 4 nitrogen and oxygen atoms in total. The molecule has 2 rings (SSSR count). The second-order valence-corrected chi connectivity index (χ2v) is 5.81. The molecule has 0 bridgehead atoms. The fraction of sp³-hybridized carbons (Fsp3) is 0.818. The van der Waals surface area contributed by atoms with Crippen molar-refractivity contribution in [3.8, 4) is 0 Å². The Balaban J connectivity index is 2.19. The first-order valence-corrected chi connectivity index (χ1v) is 5.36. The first kappa shape index (κ1) is 10.5. The molecule has 0 aromatic rings.